The van der Waals surface area contributed by atoms with Crippen LogP contribution in [0.1, 0.15) is 39.9 Å². The Hall–Kier alpha value is -1.82. The lowest BCUT2D eigenvalue weighted by atomic mass is 9.94. The number of ether oxygens (including phenoxy) is 1. The van der Waals surface area contributed by atoms with Crippen molar-refractivity contribution in [2.24, 2.45) is 0 Å². The maximum absolute atomic E-state index is 12.0. The summed E-state index contributed by atoms with van der Waals surface area (Å²) in [7, 11) is 1.57. The van der Waals surface area contributed by atoms with Crippen molar-refractivity contribution < 1.29 is 9.53 Å². The van der Waals surface area contributed by atoms with Crippen molar-refractivity contribution in [1.82, 2.24) is 0 Å². The Morgan fingerprint density at radius 1 is 1.35 bits per heavy atom. The van der Waals surface area contributed by atoms with E-state index in [0.29, 0.717) is 11.3 Å². The van der Waals surface area contributed by atoms with Crippen LogP contribution in [-0.4, -0.2) is 12.9 Å². The monoisotopic (exact) mass is 231 g/mol. The molecule has 0 N–H and O–H groups in total. The van der Waals surface area contributed by atoms with Crippen molar-refractivity contribution in [1.29, 1.82) is 5.26 Å². The van der Waals surface area contributed by atoms with Crippen LogP contribution in [0.4, 0.5) is 0 Å². The summed E-state index contributed by atoms with van der Waals surface area (Å²) in [5.74, 6) is 0.620. The first-order valence-corrected chi connectivity index (χ1v) is 5.57. The van der Waals surface area contributed by atoms with E-state index in [-0.39, 0.29) is 18.6 Å². The zero-order valence-corrected chi connectivity index (χ0v) is 10.8. The minimum atomic E-state index is -0.0241. The van der Waals surface area contributed by atoms with Crippen LogP contribution in [0, 0.1) is 32.1 Å². The molecule has 0 fully saturated rings. The van der Waals surface area contributed by atoms with Crippen molar-refractivity contribution in [2.75, 3.05) is 7.11 Å². The predicted octanol–water partition coefficient (Wildman–Crippen LogP) is 3.11. The standard InChI is InChI=1S/C14H17NO2/c1-9-8-10(2)13(12(16)6-5-7-15)14(17-4)11(9)3/h8H,5-6H2,1-4H3. The van der Waals surface area contributed by atoms with Gasteiger partial charge in [-0.05, 0) is 37.5 Å². The third-order valence-electron chi connectivity index (χ3n) is 2.93. The molecule has 0 unspecified atom stereocenters. The van der Waals surface area contributed by atoms with Crippen LogP contribution >= 0.6 is 0 Å². The second-order valence-corrected chi connectivity index (χ2v) is 4.12. The SMILES string of the molecule is COc1c(C)c(C)cc(C)c1C(=O)CCC#N. The molecule has 0 saturated heterocycles. The molecule has 0 spiro atoms. The van der Waals surface area contributed by atoms with Crippen molar-refractivity contribution in [3.63, 3.8) is 0 Å². The highest BCUT2D eigenvalue weighted by atomic mass is 16.5. The molecule has 0 aliphatic carbocycles. The van der Waals surface area contributed by atoms with Crippen molar-refractivity contribution in [3.05, 3.63) is 28.3 Å². The number of hydrogen-bond acceptors (Lipinski definition) is 3. The summed E-state index contributed by atoms with van der Waals surface area (Å²) in [6.07, 6.45) is 0.491. The number of carbonyl (C=O) groups excluding carboxylic acids is 1. The molecule has 1 rings (SSSR count). The van der Waals surface area contributed by atoms with Gasteiger partial charge in [-0.15, -0.1) is 0 Å². The number of rotatable bonds is 4. The van der Waals surface area contributed by atoms with Crippen LogP contribution in [0.2, 0.25) is 0 Å². The highest BCUT2D eigenvalue weighted by molar-refractivity contribution is 6.00. The van der Waals surface area contributed by atoms with E-state index >= 15 is 0 Å². The van der Waals surface area contributed by atoms with E-state index in [9.17, 15) is 4.79 Å². The third-order valence-corrected chi connectivity index (χ3v) is 2.93. The Bertz CT molecular complexity index is 484. The predicted molar refractivity (Wildman–Crippen MR) is 66.4 cm³/mol. The first kappa shape index (κ1) is 13.2. The van der Waals surface area contributed by atoms with Gasteiger partial charge in [-0.3, -0.25) is 4.79 Å². The average Bonchev–Trinajstić information content (AvgIpc) is 2.30. The summed E-state index contributed by atoms with van der Waals surface area (Å²) in [6.45, 7) is 5.83. The number of benzene rings is 1. The smallest absolute Gasteiger partial charge is 0.167 e. The third kappa shape index (κ3) is 2.65. The van der Waals surface area contributed by atoms with Gasteiger partial charge in [0, 0.05) is 12.8 Å². The normalized spacial score (nSPS) is 9.82. The first-order chi connectivity index (χ1) is 8.02. The molecular weight excluding hydrogens is 214 g/mol. The molecule has 0 bridgehead atoms. The Balaban J connectivity index is 3.28. The van der Waals surface area contributed by atoms with Gasteiger partial charge in [0.05, 0.1) is 18.7 Å². The number of hydrogen-bond donors (Lipinski definition) is 0. The van der Waals surface area contributed by atoms with E-state index in [1.807, 2.05) is 32.9 Å². The van der Waals surface area contributed by atoms with E-state index in [2.05, 4.69) is 0 Å². The van der Waals surface area contributed by atoms with Gasteiger partial charge < -0.3 is 4.74 Å². The lowest BCUT2D eigenvalue weighted by molar-refractivity contribution is 0.0980. The largest absolute Gasteiger partial charge is 0.496 e. The van der Waals surface area contributed by atoms with Crippen molar-refractivity contribution >= 4 is 5.78 Å². The van der Waals surface area contributed by atoms with E-state index in [0.717, 1.165) is 16.7 Å². The van der Waals surface area contributed by atoms with Crippen LogP contribution in [0.5, 0.6) is 5.75 Å². The highest BCUT2D eigenvalue weighted by Gasteiger charge is 2.18. The molecule has 3 nitrogen and oxygen atoms in total. The number of nitriles is 1. The zero-order chi connectivity index (χ0) is 13.0. The fraction of sp³-hybridized carbons (Fsp3) is 0.429. The van der Waals surface area contributed by atoms with Crippen molar-refractivity contribution in [2.45, 2.75) is 33.6 Å². The summed E-state index contributed by atoms with van der Waals surface area (Å²) in [6, 6.07) is 3.97. The van der Waals surface area contributed by atoms with Crippen LogP contribution in [0.25, 0.3) is 0 Å². The number of methoxy groups -OCH3 is 1. The topological polar surface area (TPSA) is 50.1 Å². The number of Topliss-reactive ketones (excluding diaryl/α,β-unsaturated/α-hetero) is 1. The number of aryl methyl sites for hydroxylation is 2. The van der Waals surface area contributed by atoms with Crippen LogP contribution in [0.15, 0.2) is 6.07 Å². The molecule has 1 aromatic carbocycles. The van der Waals surface area contributed by atoms with Gasteiger partial charge in [-0.1, -0.05) is 6.07 Å². The van der Waals surface area contributed by atoms with Crippen LogP contribution in [0.3, 0.4) is 0 Å². The molecule has 0 atom stereocenters. The molecule has 0 aromatic heterocycles. The Kier molecular flexibility index (Phi) is 4.28. The summed E-state index contributed by atoms with van der Waals surface area (Å²) in [4.78, 5) is 12.0. The fourth-order valence-electron chi connectivity index (χ4n) is 1.95. The van der Waals surface area contributed by atoms with Crippen LogP contribution < -0.4 is 4.74 Å². The van der Waals surface area contributed by atoms with E-state index in [1.165, 1.54) is 0 Å². The first-order valence-electron chi connectivity index (χ1n) is 5.57. The molecule has 0 heterocycles. The molecule has 1 aromatic rings. The molecule has 0 amide bonds. The summed E-state index contributed by atoms with van der Waals surface area (Å²) in [5.41, 5.74) is 3.62. The summed E-state index contributed by atoms with van der Waals surface area (Å²) in [5, 5.41) is 8.52. The molecule has 0 aliphatic rings. The molecular formula is C14H17NO2. The van der Waals surface area contributed by atoms with E-state index in [1.54, 1.807) is 7.11 Å². The molecule has 90 valence electrons. The fourth-order valence-corrected chi connectivity index (χ4v) is 1.95. The minimum Gasteiger partial charge on any atom is -0.496 e. The van der Waals surface area contributed by atoms with Crippen molar-refractivity contribution in [3.8, 4) is 11.8 Å². The second kappa shape index (κ2) is 5.49. The lowest BCUT2D eigenvalue weighted by Crippen LogP contribution is -2.07. The lowest BCUT2D eigenvalue weighted by Gasteiger charge is -2.15. The average molecular weight is 231 g/mol. The Morgan fingerprint density at radius 3 is 2.53 bits per heavy atom. The Morgan fingerprint density at radius 2 is 2.00 bits per heavy atom. The van der Waals surface area contributed by atoms with Gasteiger partial charge in [-0.2, -0.15) is 5.26 Å². The maximum Gasteiger partial charge on any atom is 0.167 e. The minimum absolute atomic E-state index is 0.0241. The van der Waals surface area contributed by atoms with E-state index < -0.39 is 0 Å². The van der Waals surface area contributed by atoms with Crippen LogP contribution in [-0.2, 0) is 0 Å². The highest BCUT2D eigenvalue weighted by Crippen LogP contribution is 2.30. The molecule has 3 heteroatoms. The summed E-state index contributed by atoms with van der Waals surface area (Å²) < 4.78 is 5.34. The quantitative estimate of drug-likeness (QED) is 0.748. The second-order valence-electron chi connectivity index (χ2n) is 4.12. The number of nitrogens with zero attached hydrogens (tertiary/aromatic N) is 1. The molecule has 0 aliphatic heterocycles. The maximum atomic E-state index is 12.0. The van der Waals surface area contributed by atoms with Gasteiger partial charge in [0.2, 0.25) is 0 Å². The van der Waals surface area contributed by atoms with Gasteiger partial charge in [0.25, 0.3) is 0 Å². The number of carbonyl (C=O) groups is 1. The van der Waals surface area contributed by atoms with Gasteiger partial charge >= 0.3 is 0 Å². The molecule has 17 heavy (non-hydrogen) atoms. The van der Waals surface area contributed by atoms with E-state index in [4.69, 9.17) is 10.00 Å². The van der Waals surface area contributed by atoms with Gasteiger partial charge in [0.15, 0.2) is 5.78 Å². The molecule has 0 radical (unpaired) electrons. The zero-order valence-electron chi connectivity index (χ0n) is 10.8. The molecule has 0 saturated carbocycles. The number of ketones is 1. The van der Waals surface area contributed by atoms with Gasteiger partial charge in [-0.25, -0.2) is 0 Å². The summed E-state index contributed by atoms with van der Waals surface area (Å²) >= 11 is 0. The Labute approximate surface area is 102 Å². The van der Waals surface area contributed by atoms with Gasteiger partial charge in [0.1, 0.15) is 5.75 Å².